The molecule has 1 aromatic carbocycles. The Morgan fingerprint density at radius 2 is 1.95 bits per heavy atom. The molecule has 20 heavy (non-hydrogen) atoms. The molecule has 0 N–H and O–H groups in total. The highest BCUT2D eigenvalue weighted by molar-refractivity contribution is 5.95. The molecule has 0 unspecified atom stereocenters. The van der Waals surface area contributed by atoms with Crippen molar-refractivity contribution in [3.63, 3.8) is 0 Å². The van der Waals surface area contributed by atoms with Crippen LogP contribution in [0.15, 0.2) is 22.7 Å². The fourth-order valence-electron chi connectivity index (χ4n) is 2.21. The van der Waals surface area contributed by atoms with Gasteiger partial charge in [-0.05, 0) is 39.3 Å². The summed E-state index contributed by atoms with van der Waals surface area (Å²) in [6.45, 7) is 8.21. The van der Waals surface area contributed by atoms with E-state index in [1.54, 1.807) is 11.9 Å². The van der Waals surface area contributed by atoms with Crippen LogP contribution in [-0.2, 0) is 6.54 Å². The van der Waals surface area contributed by atoms with Gasteiger partial charge in [0.1, 0.15) is 5.76 Å². The highest BCUT2D eigenvalue weighted by Crippen LogP contribution is 2.17. The molecule has 4 nitrogen and oxygen atoms in total. The Balaban J connectivity index is 2.23. The summed E-state index contributed by atoms with van der Waals surface area (Å²) in [5, 5.41) is 3.92. The lowest BCUT2D eigenvalue weighted by Crippen LogP contribution is -2.27. The minimum atomic E-state index is 0.0196. The van der Waals surface area contributed by atoms with Gasteiger partial charge < -0.3 is 9.42 Å². The molecule has 0 spiro atoms. The van der Waals surface area contributed by atoms with Gasteiger partial charge in [0.15, 0.2) is 0 Å². The Kier molecular flexibility index (Phi) is 3.93. The lowest BCUT2D eigenvalue weighted by Gasteiger charge is -2.18. The third kappa shape index (κ3) is 2.74. The van der Waals surface area contributed by atoms with E-state index < -0.39 is 0 Å². The van der Waals surface area contributed by atoms with Crippen LogP contribution in [0.2, 0.25) is 0 Å². The van der Waals surface area contributed by atoms with Gasteiger partial charge in [-0.15, -0.1) is 0 Å². The van der Waals surface area contributed by atoms with Crippen LogP contribution in [0, 0.1) is 27.7 Å². The Hall–Kier alpha value is -2.10. The predicted octanol–water partition coefficient (Wildman–Crippen LogP) is 3.18. The molecular formula is C16H20N2O2. The molecule has 0 fully saturated rings. The van der Waals surface area contributed by atoms with Crippen LogP contribution >= 0.6 is 0 Å². The van der Waals surface area contributed by atoms with Crippen LogP contribution in [0.3, 0.4) is 0 Å². The Labute approximate surface area is 119 Å². The molecule has 1 amide bonds. The van der Waals surface area contributed by atoms with Gasteiger partial charge in [-0.25, -0.2) is 0 Å². The van der Waals surface area contributed by atoms with Crippen LogP contribution in [-0.4, -0.2) is 23.0 Å². The first-order valence-electron chi connectivity index (χ1n) is 6.64. The summed E-state index contributed by atoms with van der Waals surface area (Å²) < 4.78 is 5.14. The molecule has 0 saturated carbocycles. The van der Waals surface area contributed by atoms with E-state index in [9.17, 15) is 4.79 Å². The predicted molar refractivity (Wildman–Crippen MR) is 77.7 cm³/mol. The molecule has 2 aromatic rings. The molecule has 0 aliphatic rings. The normalized spacial score (nSPS) is 10.7. The summed E-state index contributed by atoms with van der Waals surface area (Å²) in [6.07, 6.45) is 0. The van der Waals surface area contributed by atoms with Crippen LogP contribution < -0.4 is 0 Å². The highest BCUT2D eigenvalue weighted by atomic mass is 16.5. The number of amides is 1. The molecule has 0 bridgehead atoms. The van der Waals surface area contributed by atoms with Gasteiger partial charge >= 0.3 is 0 Å². The van der Waals surface area contributed by atoms with E-state index in [4.69, 9.17) is 4.52 Å². The van der Waals surface area contributed by atoms with Gasteiger partial charge in [0, 0.05) is 18.2 Å². The maximum atomic E-state index is 12.5. The minimum absolute atomic E-state index is 0.0196. The molecular weight excluding hydrogens is 252 g/mol. The molecule has 106 valence electrons. The summed E-state index contributed by atoms with van der Waals surface area (Å²) in [5.41, 5.74) is 4.64. The Bertz CT molecular complexity index is 624. The highest BCUT2D eigenvalue weighted by Gasteiger charge is 2.18. The van der Waals surface area contributed by atoms with Crippen molar-refractivity contribution >= 4 is 5.91 Å². The van der Waals surface area contributed by atoms with Crippen molar-refractivity contribution in [1.82, 2.24) is 10.1 Å². The molecule has 0 saturated heterocycles. The molecule has 0 atom stereocenters. The summed E-state index contributed by atoms with van der Waals surface area (Å²) in [6, 6.07) is 5.92. The number of benzene rings is 1. The Morgan fingerprint density at radius 3 is 2.55 bits per heavy atom. The van der Waals surface area contributed by atoms with Crippen LogP contribution in [0.4, 0.5) is 0 Å². The number of carbonyl (C=O) groups excluding carboxylic acids is 1. The first-order chi connectivity index (χ1) is 9.40. The van der Waals surface area contributed by atoms with Crippen molar-refractivity contribution in [2.75, 3.05) is 7.05 Å². The monoisotopic (exact) mass is 272 g/mol. The first kappa shape index (κ1) is 14.3. The number of aromatic nitrogens is 1. The van der Waals surface area contributed by atoms with E-state index in [-0.39, 0.29) is 5.91 Å². The number of rotatable bonds is 3. The zero-order valence-corrected chi connectivity index (χ0v) is 12.7. The largest absolute Gasteiger partial charge is 0.361 e. The first-order valence-corrected chi connectivity index (χ1v) is 6.64. The average Bonchev–Trinajstić information content (AvgIpc) is 2.72. The van der Waals surface area contributed by atoms with Crippen molar-refractivity contribution in [1.29, 1.82) is 0 Å². The summed E-state index contributed by atoms with van der Waals surface area (Å²) in [7, 11) is 1.80. The zero-order valence-electron chi connectivity index (χ0n) is 12.7. The molecule has 1 aromatic heterocycles. The smallest absolute Gasteiger partial charge is 0.254 e. The second-order valence-electron chi connectivity index (χ2n) is 5.28. The van der Waals surface area contributed by atoms with Crippen LogP contribution in [0.1, 0.15) is 38.5 Å². The summed E-state index contributed by atoms with van der Waals surface area (Å²) in [5.74, 6) is 0.786. The third-order valence-electron chi connectivity index (χ3n) is 3.55. The van der Waals surface area contributed by atoms with Crippen molar-refractivity contribution in [3.8, 4) is 0 Å². The average molecular weight is 272 g/mol. The van der Waals surface area contributed by atoms with E-state index in [1.165, 1.54) is 0 Å². The van der Waals surface area contributed by atoms with Gasteiger partial charge in [-0.3, -0.25) is 4.79 Å². The van der Waals surface area contributed by atoms with Gasteiger partial charge in [0.25, 0.3) is 5.91 Å². The van der Waals surface area contributed by atoms with E-state index in [0.717, 1.165) is 33.7 Å². The zero-order chi connectivity index (χ0) is 14.9. The molecule has 2 rings (SSSR count). The SMILES string of the molecule is Cc1ccc(C)c(C(=O)N(C)Cc2c(C)noc2C)c1. The number of carbonyl (C=O) groups is 1. The van der Waals surface area contributed by atoms with Crippen LogP contribution in [0.5, 0.6) is 0 Å². The Morgan fingerprint density at radius 1 is 1.25 bits per heavy atom. The number of hydrogen-bond donors (Lipinski definition) is 0. The number of nitrogens with zero attached hydrogens (tertiary/aromatic N) is 2. The van der Waals surface area contributed by atoms with E-state index in [1.807, 2.05) is 45.9 Å². The van der Waals surface area contributed by atoms with Crippen molar-refractivity contribution in [3.05, 3.63) is 51.9 Å². The van der Waals surface area contributed by atoms with Crippen molar-refractivity contribution in [2.24, 2.45) is 0 Å². The van der Waals surface area contributed by atoms with E-state index >= 15 is 0 Å². The second-order valence-corrected chi connectivity index (χ2v) is 5.28. The number of aryl methyl sites for hydroxylation is 4. The van der Waals surface area contributed by atoms with Crippen molar-refractivity contribution < 1.29 is 9.32 Å². The standard InChI is InChI=1S/C16H20N2O2/c1-10-6-7-11(2)14(8-10)16(19)18(5)9-15-12(3)17-20-13(15)4/h6-8H,9H2,1-5H3. The molecule has 0 radical (unpaired) electrons. The summed E-state index contributed by atoms with van der Waals surface area (Å²) in [4.78, 5) is 14.2. The molecule has 4 heteroatoms. The topological polar surface area (TPSA) is 46.3 Å². The van der Waals surface area contributed by atoms with E-state index in [0.29, 0.717) is 6.54 Å². The van der Waals surface area contributed by atoms with Crippen molar-refractivity contribution in [2.45, 2.75) is 34.2 Å². The lowest BCUT2D eigenvalue weighted by atomic mass is 10.0. The molecule has 0 aliphatic heterocycles. The number of hydrogen-bond acceptors (Lipinski definition) is 3. The molecule has 0 aliphatic carbocycles. The van der Waals surface area contributed by atoms with Crippen LogP contribution in [0.25, 0.3) is 0 Å². The maximum absolute atomic E-state index is 12.5. The van der Waals surface area contributed by atoms with Gasteiger partial charge in [-0.1, -0.05) is 22.9 Å². The van der Waals surface area contributed by atoms with Gasteiger partial charge in [0.05, 0.1) is 12.2 Å². The second kappa shape index (κ2) is 5.49. The quantitative estimate of drug-likeness (QED) is 0.862. The lowest BCUT2D eigenvalue weighted by molar-refractivity contribution is 0.0783. The maximum Gasteiger partial charge on any atom is 0.254 e. The minimum Gasteiger partial charge on any atom is -0.361 e. The molecule has 1 heterocycles. The van der Waals surface area contributed by atoms with E-state index in [2.05, 4.69) is 5.16 Å². The fraction of sp³-hybridized carbons (Fsp3) is 0.375. The third-order valence-corrected chi connectivity index (χ3v) is 3.55. The van der Waals surface area contributed by atoms with Gasteiger partial charge in [0.2, 0.25) is 0 Å². The fourth-order valence-corrected chi connectivity index (χ4v) is 2.21. The summed E-state index contributed by atoms with van der Waals surface area (Å²) >= 11 is 0. The van der Waals surface area contributed by atoms with Gasteiger partial charge in [-0.2, -0.15) is 0 Å².